The first-order valence-corrected chi connectivity index (χ1v) is 13.8. The highest BCUT2D eigenvalue weighted by molar-refractivity contribution is 9.10. The summed E-state index contributed by atoms with van der Waals surface area (Å²) in [5, 5.41) is 16.1. The average Bonchev–Trinajstić information content (AvgIpc) is 3.44. The van der Waals surface area contributed by atoms with Gasteiger partial charge in [0.1, 0.15) is 16.9 Å². The molecule has 0 saturated carbocycles. The molecule has 3 aromatic carbocycles. The summed E-state index contributed by atoms with van der Waals surface area (Å²) < 4.78 is 24.4. The van der Waals surface area contributed by atoms with E-state index in [4.69, 9.17) is 18.6 Å². The molecule has 1 N–H and O–H groups in total. The molecular weight excluding hydrogens is 572 g/mol. The SMILES string of the molecule is COc1cc2ccc(Br)cc2cc1[C@@H](c1ccnc(OC)c1OC)[C@@](O)(CCN(C)C)c1cccc2ccoc12. The number of nitrogens with zero attached hydrogens (tertiary/aromatic N) is 2. The largest absolute Gasteiger partial charge is 0.496 e. The molecule has 5 aromatic rings. The highest BCUT2D eigenvalue weighted by Crippen LogP contribution is 2.52. The Morgan fingerprint density at radius 2 is 1.75 bits per heavy atom. The van der Waals surface area contributed by atoms with Crippen molar-refractivity contribution < 1.29 is 23.7 Å². The summed E-state index contributed by atoms with van der Waals surface area (Å²) in [4.78, 5) is 6.45. The number of pyridine rings is 1. The van der Waals surface area contributed by atoms with Crippen molar-refractivity contribution in [3.8, 4) is 17.4 Å². The summed E-state index contributed by atoms with van der Waals surface area (Å²) in [5.41, 5.74) is 1.36. The number of benzene rings is 3. The number of hydrogen-bond donors (Lipinski definition) is 1. The van der Waals surface area contributed by atoms with Gasteiger partial charge in [-0.2, -0.15) is 0 Å². The summed E-state index contributed by atoms with van der Waals surface area (Å²) >= 11 is 3.61. The van der Waals surface area contributed by atoms with Crippen LogP contribution < -0.4 is 14.2 Å². The molecule has 40 heavy (non-hydrogen) atoms. The minimum Gasteiger partial charge on any atom is -0.496 e. The van der Waals surface area contributed by atoms with Crippen LogP contribution in [0.25, 0.3) is 21.7 Å². The monoisotopic (exact) mass is 604 g/mol. The molecule has 0 spiro atoms. The van der Waals surface area contributed by atoms with Gasteiger partial charge in [0.2, 0.25) is 0 Å². The topological polar surface area (TPSA) is 77.2 Å². The van der Waals surface area contributed by atoms with Crippen molar-refractivity contribution in [1.29, 1.82) is 0 Å². The summed E-state index contributed by atoms with van der Waals surface area (Å²) in [6.45, 7) is 0.607. The molecule has 2 heterocycles. The van der Waals surface area contributed by atoms with E-state index < -0.39 is 11.5 Å². The number of para-hydroxylation sites is 1. The maximum atomic E-state index is 13.2. The third-order valence-corrected chi connectivity index (χ3v) is 7.93. The maximum absolute atomic E-state index is 13.2. The quantitative estimate of drug-likeness (QED) is 0.189. The first kappa shape index (κ1) is 28.0. The first-order valence-electron chi connectivity index (χ1n) is 13.0. The van der Waals surface area contributed by atoms with Gasteiger partial charge in [-0.25, -0.2) is 4.98 Å². The van der Waals surface area contributed by atoms with E-state index in [1.54, 1.807) is 33.8 Å². The van der Waals surface area contributed by atoms with Gasteiger partial charge in [-0.1, -0.05) is 40.2 Å². The van der Waals surface area contributed by atoms with Gasteiger partial charge in [-0.05, 0) is 67.7 Å². The number of methoxy groups -OCH3 is 3. The molecule has 0 amide bonds. The number of aromatic nitrogens is 1. The number of aliphatic hydroxyl groups is 1. The van der Waals surface area contributed by atoms with E-state index in [9.17, 15) is 5.11 Å². The molecule has 0 fully saturated rings. The molecule has 0 aliphatic heterocycles. The van der Waals surface area contributed by atoms with Crippen molar-refractivity contribution in [2.24, 2.45) is 0 Å². The van der Waals surface area contributed by atoms with Crippen molar-refractivity contribution in [2.45, 2.75) is 17.9 Å². The average molecular weight is 606 g/mol. The molecule has 2 atom stereocenters. The molecule has 0 unspecified atom stereocenters. The molecule has 5 rings (SSSR count). The van der Waals surface area contributed by atoms with Gasteiger partial charge in [-0.15, -0.1) is 0 Å². The lowest BCUT2D eigenvalue weighted by Crippen LogP contribution is -2.38. The van der Waals surface area contributed by atoms with E-state index in [2.05, 4.69) is 37.9 Å². The van der Waals surface area contributed by atoms with Crippen LogP contribution in [0.1, 0.15) is 29.0 Å². The minimum absolute atomic E-state index is 0.332. The lowest BCUT2D eigenvalue weighted by atomic mass is 9.70. The Bertz CT molecular complexity index is 1650. The number of halogens is 1. The highest BCUT2D eigenvalue weighted by Gasteiger charge is 2.45. The van der Waals surface area contributed by atoms with Gasteiger partial charge in [0.05, 0.1) is 27.6 Å². The van der Waals surface area contributed by atoms with Crippen molar-refractivity contribution in [3.05, 3.63) is 94.3 Å². The molecular formula is C32H33BrN2O5. The van der Waals surface area contributed by atoms with Crippen LogP contribution in [0.2, 0.25) is 0 Å². The molecule has 0 aliphatic carbocycles. The Balaban J connectivity index is 1.90. The number of fused-ring (bicyclic) bond motifs is 2. The van der Waals surface area contributed by atoms with Crippen molar-refractivity contribution >= 4 is 37.7 Å². The Kier molecular flexibility index (Phi) is 8.03. The van der Waals surface area contributed by atoms with E-state index >= 15 is 0 Å². The first-order chi connectivity index (χ1) is 19.3. The Morgan fingerprint density at radius 1 is 0.925 bits per heavy atom. The second-order valence-corrected chi connectivity index (χ2v) is 11.0. The van der Waals surface area contributed by atoms with E-state index in [0.717, 1.165) is 26.2 Å². The van der Waals surface area contributed by atoms with Gasteiger partial charge < -0.3 is 28.6 Å². The third kappa shape index (κ3) is 5.03. The van der Waals surface area contributed by atoms with Crippen molar-refractivity contribution in [2.75, 3.05) is 42.0 Å². The van der Waals surface area contributed by atoms with Crippen LogP contribution >= 0.6 is 15.9 Å². The minimum atomic E-state index is -1.46. The van der Waals surface area contributed by atoms with Crippen LogP contribution in [0.5, 0.6) is 17.4 Å². The zero-order chi connectivity index (χ0) is 28.4. The Labute approximate surface area is 242 Å². The van der Waals surface area contributed by atoms with Gasteiger partial charge in [0, 0.05) is 45.2 Å². The lowest BCUT2D eigenvalue weighted by Gasteiger charge is -2.39. The fourth-order valence-corrected chi connectivity index (χ4v) is 5.91. The predicted octanol–water partition coefficient (Wildman–Crippen LogP) is 6.74. The maximum Gasteiger partial charge on any atom is 0.257 e. The second kappa shape index (κ2) is 11.5. The highest BCUT2D eigenvalue weighted by atomic mass is 79.9. The van der Waals surface area contributed by atoms with Crippen LogP contribution in [-0.4, -0.2) is 57.0 Å². The van der Waals surface area contributed by atoms with Crippen molar-refractivity contribution in [3.63, 3.8) is 0 Å². The van der Waals surface area contributed by atoms with Gasteiger partial charge in [0.25, 0.3) is 5.88 Å². The smallest absolute Gasteiger partial charge is 0.257 e. The molecule has 0 saturated heterocycles. The summed E-state index contributed by atoms with van der Waals surface area (Å²) in [5.74, 6) is 0.765. The number of hydrogen-bond acceptors (Lipinski definition) is 7. The zero-order valence-corrected chi connectivity index (χ0v) is 24.9. The predicted molar refractivity (Wildman–Crippen MR) is 161 cm³/mol. The van der Waals surface area contributed by atoms with Gasteiger partial charge in [0.15, 0.2) is 5.75 Å². The fraction of sp³-hybridized carbons (Fsp3) is 0.281. The number of rotatable bonds is 10. The van der Waals surface area contributed by atoms with E-state index in [1.807, 2.05) is 62.6 Å². The van der Waals surface area contributed by atoms with Crippen LogP contribution in [-0.2, 0) is 5.60 Å². The van der Waals surface area contributed by atoms with E-state index in [1.165, 1.54) is 0 Å². The van der Waals surface area contributed by atoms with Crippen LogP contribution in [0.4, 0.5) is 0 Å². The zero-order valence-electron chi connectivity index (χ0n) is 23.3. The molecule has 208 valence electrons. The summed E-state index contributed by atoms with van der Waals surface area (Å²) in [6.07, 6.45) is 3.71. The number of furan rings is 1. The Hall–Kier alpha value is -3.59. The molecule has 0 aliphatic rings. The summed E-state index contributed by atoms with van der Waals surface area (Å²) in [7, 11) is 8.78. The second-order valence-electron chi connectivity index (χ2n) is 10.1. The molecule has 0 radical (unpaired) electrons. The molecule has 7 nitrogen and oxygen atoms in total. The van der Waals surface area contributed by atoms with Gasteiger partial charge >= 0.3 is 0 Å². The number of ether oxygens (including phenoxy) is 3. The van der Waals surface area contributed by atoms with Crippen LogP contribution in [0.3, 0.4) is 0 Å². The van der Waals surface area contributed by atoms with Crippen LogP contribution in [0.15, 0.2) is 82.0 Å². The van der Waals surface area contributed by atoms with E-state index in [0.29, 0.717) is 47.1 Å². The fourth-order valence-electron chi connectivity index (χ4n) is 5.53. The van der Waals surface area contributed by atoms with Gasteiger partial charge in [-0.3, -0.25) is 0 Å². The normalized spacial score (nSPS) is 13.9. The standard InChI is InChI=1S/C32H33BrN2O5/c1-35(2)15-13-32(36,26-8-6-7-20-12-16-40-29(20)26)28(24-11-14-34-31(39-5)30(24)38-4)25-18-22-17-23(33)10-9-21(22)19-27(25)37-3/h6-12,14,16-19,28,36H,13,15H2,1-5H3/t28-,32-/m1/s1. The molecule has 8 heteroatoms. The Morgan fingerprint density at radius 3 is 2.48 bits per heavy atom. The molecule has 0 bridgehead atoms. The van der Waals surface area contributed by atoms with Crippen molar-refractivity contribution in [1.82, 2.24) is 9.88 Å². The summed E-state index contributed by atoms with van der Waals surface area (Å²) in [6, 6.07) is 19.8. The van der Waals surface area contributed by atoms with E-state index in [-0.39, 0.29) is 0 Å². The third-order valence-electron chi connectivity index (χ3n) is 7.44. The lowest BCUT2D eigenvalue weighted by molar-refractivity contribution is 0.00387. The molecule has 2 aromatic heterocycles. The van der Waals surface area contributed by atoms with Crippen LogP contribution in [0, 0.1) is 0 Å².